The maximum atomic E-state index is 13.9. The van der Waals surface area contributed by atoms with E-state index in [9.17, 15) is 14.4 Å². The number of nitrogens with one attached hydrogen (secondary N) is 2. The Morgan fingerprint density at radius 2 is 1.43 bits per heavy atom. The van der Waals surface area contributed by atoms with Crippen molar-refractivity contribution < 1.29 is 33.3 Å². The molecule has 0 aliphatic carbocycles. The summed E-state index contributed by atoms with van der Waals surface area (Å²) in [7, 11) is 1.42. The van der Waals surface area contributed by atoms with E-state index in [0.29, 0.717) is 30.8 Å². The molecule has 0 aliphatic heterocycles. The van der Waals surface area contributed by atoms with Crippen LogP contribution in [0.25, 0.3) is 16.7 Å². The van der Waals surface area contributed by atoms with Crippen molar-refractivity contribution in [3.63, 3.8) is 0 Å². The van der Waals surface area contributed by atoms with Crippen molar-refractivity contribution in [3.05, 3.63) is 58.5 Å². The molecule has 0 spiro atoms. The quantitative estimate of drug-likeness (QED) is 0.0555. The molecule has 15 heteroatoms. The summed E-state index contributed by atoms with van der Waals surface area (Å²) in [5, 5.41) is 15.2. The van der Waals surface area contributed by atoms with E-state index in [2.05, 4.69) is 32.7 Å². The number of hydrogen-bond donors (Lipinski definition) is 2. The van der Waals surface area contributed by atoms with Crippen molar-refractivity contribution in [2.75, 3.05) is 45.5 Å². The molecule has 0 saturated heterocycles. The van der Waals surface area contributed by atoms with Crippen LogP contribution in [0.3, 0.4) is 0 Å². The number of pyridine rings is 1. The second-order valence-corrected chi connectivity index (χ2v) is 15.2. The van der Waals surface area contributed by atoms with Gasteiger partial charge in [-0.15, -0.1) is 5.10 Å². The molecule has 0 atom stereocenters. The number of carbonyl (C=O) groups excluding carboxylic acids is 3. The van der Waals surface area contributed by atoms with Gasteiger partial charge in [-0.3, -0.25) is 9.59 Å². The molecule has 3 aromatic heterocycles. The standard InChI is InChI=1S/C43H62ClN7O7/c1-6-7-8-9-10-11-12-13-14-15-16-17-18-19-23-56-24-25-57-26-27-58-43(54)50-30-33-28-32(4)38(37(39(33)49-50)42(53)46-31(2)3)47-41(52)35-29-36(55-5)48-51(35)40-34(44)21-20-22-45-40/h20-22,28-31H,6-19,23-27H2,1-5H3,(H,46,53)(H,47,52). The highest BCUT2D eigenvalue weighted by Crippen LogP contribution is 2.31. The minimum absolute atomic E-state index is 0.00641. The molecule has 0 fully saturated rings. The number of unbranched alkanes of at least 4 members (excludes halogenated alkanes) is 13. The van der Waals surface area contributed by atoms with Crippen LogP contribution in [0.4, 0.5) is 10.5 Å². The molecule has 2 N–H and O–H groups in total. The van der Waals surface area contributed by atoms with E-state index < -0.39 is 17.9 Å². The summed E-state index contributed by atoms with van der Waals surface area (Å²) < 4.78 is 24.3. The highest BCUT2D eigenvalue weighted by atomic mass is 35.5. The summed E-state index contributed by atoms with van der Waals surface area (Å²) >= 11 is 6.38. The number of ether oxygens (including phenoxy) is 4. The number of aryl methyl sites for hydroxylation is 1. The Labute approximate surface area is 347 Å². The third-order valence-corrected chi connectivity index (χ3v) is 9.90. The van der Waals surface area contributed by atoms with Crippen LogP contribution < -0.4 is 15.4 Å². The predicted octanol–water partition coefficient (Wildman–Crippen LogP) is 9.48. The van der Waals surface area contributed by atoms with E-state index in [4.69, 9.17) is 30.5 Å². The number of amides is 2. The van der Waals surface area contributed by atoms with E-state index in [1.807, 2.05) is 13.8 Å². The molecule has 2 amide bonds. The van der Waals surface area contributed by atoms with Gasteiger partial charge in [-0.1, -0.05) is 102 Å². The van der Waals surface area contributed by atoms with Crippen LogP contribution in [0.2, 0.25) is 5.02 Å². The van der Waals surface area contributed by atoms with Crippen molar-refractivity contribution in [3.8, 4) is 11.7 Å². The number of rotatable bonds is 27. The van der Waals surface area contributed by atoms with Gasteiger partial charge in [0.15, 0.2) is 5.82 Å². The second-order valence-electron chi connectivity index (χ2n) is 14.8. The minimum atomic E-state index is -0.740. The Bertz CT molecular complexity index is 1890. The highest BCUT2D eigenvalue weighted by molar-refractivity contribution is 6.32. The molecule has 4 aromatic rings. The summed E-state index contributed by atoms with van der Waals surface area (Å²) in [5.74, 6) is -0.730. The first-order valence-corrected chi connectivity index (χ1v) is 21.2. The highest BCUT2D eigenvalue weighted by Gasteiger charge is 2.26. The predicted molar refractivity (Wildman–Crippen MR) is 227 cm³/mol. The normalized spacial score (nSPS) is 11.4. The van der Waals surface area contributed by atoms with Gasteiger partial charge in [0.2, 0.25) is 5.88 Å². The molecular formula is C43H62ClN7O7. The van der Waals surface area contributed by atoms with Crippen LogP contribution in [0.15, 0.2) is 36.7 Å². The van der Waals surface area contributed by atoms with Gasteiger partial charge in [0, 0.05) is 36.5 Å². The van der Waals surface area contributed by atoms with Crippen LogP contribution in [0, 0.1) is 6.92 Å². The Balaban J connectivity index is 1.23. The van der Waals surface area contributed by atoms with Crippen LogP contribution in [0.5, 0.6) is 5.88 Å². The van der Waals surface area contributed by atoms with Crippen molar-refractivity contribution in [1.29, 1.82) is 0 Å². The fraction of sp³-hybridized carbons (Fsp3) is 0.581. The third kappa shape index (κ3) is 14.4. The number of halogens is 1. The zero-order valence-electron chi connectivity index (χ0n) is 34.9. The van der Waals surface area contributed by atoms with Gasteiger partial charge in [-0.25, -0.2) is 14.5 Å². The number of fused-ring (bicyclic) bond motifs is 1. The summed E-state index contributed by atoms with van der Waals surface area (Å²) in [5.41, 5.74) is 1.08. The number of hydrogen-bond acceptors (Lipinski definition) is 10. The molecule has 318 valence electrons. The number of nitrogens with zero attached hydrogens (tertiary/aromatic N) is 5. The molecule has 4 rings (SSSR count). The monoisotopic (exact) mass is 823 g/mol. The van der Waals surface area contributed by atoms with Gasteiger partial charge in [0.25, 0.3) is 11.8 Å². The van der Waals surface area contributed by atoms with Crippen molar-refractivity contribution in [1.82, 2.24) is 29.9 Å². The van der Waals surface area contributed by atoms with Gasteiger partial charge >= 0.3 is 6.09 Å². The summed E-state index contributed by atoms with van der Waals surface area (Å²) in [6.45, 7) is 9.42. The Kier molecular flexibility index (Phi) is 19.9. The first-order chi connectivity index (χ1) is 28.1. The largest absolute Gasteiger partial charge is 0.480 e. The van der Waals surface area contributed by atoms with E-state index in [0.717, 1.165) is 11.1 Å². The van der Waals surface area contributed by atoms with E-state index in [1.165, 1.54) is 114 Å². The van der Waals surface area contributed by atoms with E-state index in [-0.39, 0.29) is 58.4 Å². The van der Waals surface area contributed by atoms with Crippen LogP contribution in [-0.4, -0.2) is 88.6 Å². The fourth-order valence-electron chi connectivity index (χ4n) is 6.59. The Morgan fingerprint density at radius 3 is 2.05 bits per heavy atom. The molecule has 0 saturated carbocycles. The number of carbonyl (C=O) groups is 3. The summed E-state index contributed by atoms with van der Waals surface area (Å²) in [4.78, 5) is 44.8. The zero-order chi connectivity index (χ0) is 41.7. The van der Waals surface area contributed by atoms with Gasteiger partial charge in [0.1, 0.15) is 17.8 Å². The van der Waals surface area contributed by atoms with E-state index in [1.54, 1.807) is 25.1 Å². The molecule has 0 unspecified atom stereocenters. The molecule has 0 bridgehead atoms. The lowest BCUT2D eigenvalue weighted by atomic mass is 10.0. The van der Waals surface area contributed by atoms with E-state index >= 15 is 0 Å². The lowest BCUT2D eigenvalue weighted by Crippen LogP contribution is -2.31. The van der Waals surface area contributed by atoms with Gasteiger partial charge in [-0.05, 0) is 51.0 Å². The molecule has 1 aromatic carbocycles. The molecule has 58 heavy (non-hydrogen) atoms. The van der Waals surface area contributed by atoms with Crippen molar-refractivity contribution in [2.45, 2.75) is 124 Å². The molecule has 14 nitrogen and oxygen atoms in total. The number of benzene rings is 1. The molecule has 3 heterocycles. The average Bonchev–Trinajstić information content (AvgIpc) is 3.83. The Hall–Kier alpha value is -4.53. The zero-order valence-corrected chi connectivity index (χ0v) is 35.7. The summed E-state index contributed by atoms with van der Waals surface area (Å²) in [6.07, 6.45) is 20.8. The molecular weight excluding hydrogens is 762 g/mol. The number of aromatic nitrogens is 5. The minimum Gasteiger partial charge on any atom is -0.480 e. The van der Waals surface area contributed by atoms with Gasteiger partial charge < -0.3 is 29.6 Å². The van der Waals surface area contributed by atoms with Crippen LogP contribution >= 0.6 is 11.6 Å². The first kappa shape index (κ1) is 46.2. The first-order valence-electron chi connectivity index (χ1n) is 20.9. The van der Waals surface area contributed by atoms with Crippen molar-refractivity contribution >= 4 is 46.1 Å². The van der Waals surface area contributed by atoms with Gasteiger partial charge in [0.05, 0.1) is 43.2 Å². The fourth-order valence-corrected chi connectivity index (χ4v) is 6.79. The van der Waals surface area contributed by atoms with Gasteiger partial charge in [-0.2, -0.15) is 9.78 Å². The molecule has 0 aliphatic rings. The lowest BCUT2D eigenvalue weighted by Gasteiger charge is -2.16. The third-order valence-electron chi connectivity index (χ3n) is 9.60. The van der Waals surface area contributed by atoms with Crippen LogP contribution in [-0.2, 0) is 14.2 Å². The smallest absolute Gasteiger partial charge is 0.434 e. The average molecular weight is 824 g/mol. The Morgan fingerprint density at radius 1 is 0.810 bits per heavy atom. The van der Waals surface area contributed by atoms with Crippen molar-refractivity contribution in [2.24, 2.45) is 0 Å². The second kappa shape index (κ2) is 25.1. The maximum absolute atomic E-state index is 13.9. The maximum Gasteiger partial charge on any atom is 0.434 e. The van der Waals surface area contributed by atoms with Crippen LogP contribution in [0.1, 0.15) is 137 Å². The SMILES string of the molecule is CCCCCCCCCCCCCCCCOCCOCCOC(=O)n1cc2cc(C)c(NC(=O)c3cc(OC)nn3-c3ncccc3Cl)c(C(=O)NC(C)C)c2n1. The number of methoxy groups -OCH3 is 1. The lowest BCUT2D eigenvalue weighted by molar-refractivity contribution is 0.0270. The molecule has 0 radical (unpaired) electrons. The number of anilines is 1. The topological polar surface area (TPSA) is 161 Å². The summed E-state index contributed by atoms with van der Waals surface area (Å²) in [6, 6.07) is 6.21.